The molecule has 0 radical (unpaired) electrons. The van der Waals surface area contributed by atoms with Gasteiger partial charge in [-0.1, -0.05) is 26.0 Å². The van der Waals surface area contributed by atoms with Crippen LogP contribution in [0.3, 0.4) is 0 Å². The molecule has 1 aliphatic heterocycles. The lowest BCUT2D eigenvalue weighted by Gasteiger charge is -2.22. The lowest BCUT2D eigenvalue weighted by molar-refractivity contribution is -0.135. The number of benzene rings is 1. The molecule has 1 atom stereocenters. The van der Waals surface area contributed by atoms with Crippen molar-refractivity contribution in [1.82, 2.24) is 15.5 Å². The van der Waals surface area contributed by atoms with E-state index in [9.17, 15) is 23.2 Å². The number of hydrogen-bond donors (Lipinski definition) is 2. The van der Waals surface area contributed by atoms with Gasteiger partial charge in [-0.2, -0.15) is 8.78 Å². The molecule has 0 aromatic heterocycles. The second kappa shape index (κ2) is 8.32. The molecule has 0 unspecified atom stereocenters. The summed E-state index contributed by atoms with van der Waals surface area (Å²) in [4.78, 5) is 38.0. The Morgan fingerprint density at radius 3 is 2.33 bits per heavy atom. The van der Waals surface area contributed by atoms with E-state index in [2.05, 4.69) is 15.4 Å². The predicted octanol–water partition coefficient (Wildman–Crippen LogP) is 2.36. The first-order valence-corrected chi connectivity index (χ1v) is 8.70. The highest BCUT2D eigenvalue weighted by Crippen LogP contribution is 2.30. The van der Waals surface area contributed by atoms with Crippen molar-refractivity contribution in [2.24, 2.45) is 0 Å². The van der Waals surface area contributed by atoms with Crippen LogP contribution >= 0.6 is 0 Å². The van der Waals surface area contributed by atoms with Gasteiger partial charge in [0.1, 0.15) is 17.8 Å². The van der Waals surface area contributed by atoms with E-state index in [-0.39, 0.29) is 18.3 Å². The first-order chi connectivity index (χ1) is 12.7. The average Bonchev–Trinajstić information content (AvgIpc) is 2.83. The van der Waals surface area contributed by atoms with Gasteiger partial charge in [-0.15, -0.1) is 0 Å². The highest BCUT2D eigenvalue weighted by Gasteiger charge is 2.49. The van der Waals surface area contributed by atoms with Crippen LogP contribution in [-0.2, 0) is 15.1 Å². The van der Waals surface area contributed by atoms with Crippen LogP contribution in [0.25, 0.3) is 0 Å². The molecule has 0 aliphatic carbocycles. The van der Waals surface area contributed by atoms with E-state index in [1.54, 1.807) is 0 Å². The van der Waals surface area contributed by atoms with Crippen LogP contribution in [0, 0.1) is 0 Å². The van der Waals surface area contributed by atoms with Crippen LogP contribution in [0.1, 0.15) is 39.2 Å². The molecule has 1 saturated heterocycles. The van der Waals surface area contributed by atoms with Crippen LogP contribution in [0.15, 0.2) is 24.3 Å². The second-order valence-corrected chi connectivity index (χ2v) is 6.43. The van der Waals surface area contributed by atoms with E-state index < -0.39 is 30.0 Å². The number of amides is 4. The Balaban J connectivity index is 2.12. The van der Waals surface area contributed by atoms with Crippen LogP contribution in [0.2, 0.25) is 0 Å². The third-order valence-electron chi connectivity index (χ3n) is 4.58. The summed E-state index contributed by atoms with van der Waals surface area (Å²) in [6.07, 6.45) is 1.49. The van der Waals surface area contributed by atoms with E-state index in [1.165, 1.54) is 31.2 Å². The average molecular weight is 383 g/mol. The topological polar surface area (TPSA) is 87.7 Å². The lowest BCUT2D eigenvalue weighted by atomic mass is 9.92. The first-order valence-electron chi connectivity index (χ1n) is 8.70. The molecule has 9 heteroatoms. The molecule has 1 aliphatic rings. The lowest BCUT2D eigenvalue weighted by Crippen LogP contribution is -2.45. The predicted molar refractivity (Wildman–Crippen MR) is 93.2 cm³/mol. The van der Waals surface area contributed by atoms with Crippen molar-refractivity contribution in [3.8, 4) is 5.75 Å². The summed E-state index contributed by atoms with van der Waals surface area (Å²) in [6.45, 7) is 2.02. The Bertz CT molecular complexity index is 707. The number of carbonyl (C=O) groups excluding carboxylic acids is 3. The van der Waals surface area contributed by atoms with Gasteiger partial charge in [-0.25, -0.2) is 4.79 Å². The van der Waals surface area contributed by atoms with Gasteiger partial charge < -0.3 is 15.4 Å². The summed E-state index contributed by atoms with van der Waals surface area (Å²) in [5.41, 5.74) is -0.999. The minimum atomic E-state index is -2.96. The number of nitrogens with zero attached hydrogens (tertiary/aromatic N) is 1. The van der Waals surface area contributed by atoms with Gasteiger partial charge in [-0.05, 0) is 37.5 Å². The Hall–Kier alpha value is -2.71. The molecular formula is C18H23F2N3O4. The molecule has 1 aromatic carbocycles. The van der Waals surface area contributed by atoms with Gasteiger partial charge in [-0.3, -0.25) is 14.5 Å². The largest absolute Gasteiger partial charge is 0.435 e. The highest BCUT2D eigenvalue weighted by atomic mass is 19.3. The van der Waals surface area contributed by atoms with Crippen molar-refractivity contribution in [3.63, 3.8) is 0 Å². The summed E-state index contributed by atoms with van der Waals surface area (Å²) in [5, 5.41) is 5.34. The number of urea groups is 1. The molecule has 1 aromatic rings. The molecule has 148 valence electrons. The fraction of sp³-hybridized carbons (Fsp3) is 0.500. The van der Waals surface area contributed by atoms with Gasteiger partial charge >= 0.3 is 12.6 Å². The summed E-state index contributed by atoms with van der Waals surface area (Å²) in [7, 11) is 0. The summed E-state index contributed by atoms with van der Waals surface area (Å²) in [6, 6.07) is 4.71. The summed E-state index contributed by atoms with van der Waals surface area (Å²) in [5.74, 6) is -1.07. The molecule has 1 heterocycles. The molecule has 2 N–H and O–H groups in total. The quantitative estimate of drug-likeness (QED) is 0.675. The number of rotatable bonds is 8. The Morgan fingerprint density at radius 2 is 1.81 bits per heavy atom. The molecule has 0 spiro atoms. The molecule has 0 saturated carbocycles. The Labute approximate surface area is 156 Å². The third-order valence-corrected chi connectivity index (χ3v) is 4.58. The molecule has 1 fully saturated rings. The van der Waals surface area contributed by atoms with Crippen LogP contribution in [0.5, 0.6) is 5.75 Å². The first kappa shape index (κ1) is 20.6. The summed E-state index contributed by atoms with van der Waals surface area (Å²) < 4.78 is 28.8. The third kappa shape index (κ3) is 4.53. The van der Waals surface area contributed by atoms with Gasteiger partial charge in [0.25, 0.3) is 5.91 Å². The number of imide groups is 1. The van der Waals surface area contributed by atoms with E-state index in [1.807, 2.05) is 13.8 Å². The number of alkyl halides is 2. The maximum absolute atomic E-state index is 12.8. The number of ether oxygens (including phenoxy) is 1. The van der Waals surface area contributed by atoms with Crippen LogP contribution < -0.4 is 15.4 Å². The molecule has 7 nitrogen and oxygen atoms in total. The van der Waals surface area contributed by atoms with E-state index in [0.717, 1.165) is 17.7 Å². The molecular weight excluding hydrogens is 360 g/mol. The van der Waals surface area contributed by atoms with Gasteiger partial charge in [0.15, 0.2) is 0 Å². The molecule has 4 amide bonds. The normalized spacial score (nSPS) is 19.6. The molecule has 0 bridgehead atoms. The Morgan fingerprint density at radius 1 is 1.22 bits per heavy atom. The number of carbonyl (C=O) groups is 3. The van der Waals surface area contributed by atoms with Gasteiger partial charge in [0, 0.05) is 6.04 Å². The maximum Gasteiger partial charge on any atom is 0.387 e. The van der Waals surface area contributed by atoms with E-state index in [4.69, 9.17) is 0 Å². The van der Waals surface area contributed by atoms with Crippen molar-refractivity contribution in [2.45, 2.75) is 51.8 Å². The van der Waals surface area contributed by atoms with Crippen molar-refractivity contribution < 1.29 is 27.9 Å². The number of halogens is 2. The van der Waals surface area contributed by atoms with Gasteiger partial charge in [0.2, 0.25) is 5.91 Å². The zero-order valence-corrected chi connectivity index (χ0v) is 15.4. The zero-order chi connectivity index (χ0) is 20.2. The van der Waals surface area contributed by atoms with Crippen LogP contribution in [0.4, 0.5) is 13.6 Å². The fourth-order valence-electron chi connectivity index (χ4n) is 2.92. The summed E-state index contributed by atoms with van der Waals surface area (Å²) >= 11 is 0. The van der Waals surface area contributed by atoms with Crippen LogP contribution in [-0.4, -0.2) is 41.9 Å². The number of nitrogens with one attached hydrogen (secondary N) is 2. The fourth-order valence-corrected chi connectivity index (χ4v) is 2.92. The van der Waals surface area contributed by atoms with Crippen molar-refractivity contribution in [2.75, 3.05) is 6.54 Å². The highest BCUT2D eigenvalue weighted by molar-refractivity contribution is 6.09. The van der Waals surface area contributed by atoms with Gasteiger partial charge in [0.05, 0.1) is 0 Å². The molecule has 27 heavy (non-hydrogen) atoms. The molecule has 2 rings (SSSR count). The van der Waals surface area contributed by atoms with Crippen molar-refractivity contribution >= 4 is 17.8 Å². The standard InChI is InChI=1S/C18H23F2N3O4/c1-4-12(5-2)21-14(24)10-23-15(25)18(3,22-17(23)26)11-6-8-13(9-7-11)27-16(19)20/h6-9,12,16H,4-5,10H2,1-3H3,(H,21,24)(H,22,26)/t18-/m0/s1. The monoisotopic (exact) mass is 383 g/mol. The second-order valence-electron chi connectivity index (χ2n) is 6.43. The van der Waals surface area contributed by atoms with E-state index >= 15 is 0 Å². The minimum absolute atomic E-state index is 0.0213. The van der Waals surface area contributed by atoms with Crippen molar-refractivity contribution in [1.29, 1.82) is 0 Å². The minimum Gasteiger partial charge on any atom is -0.435 e. The maximum atomic E-state index is 12.8. The SMILES string of the molecule is CCC(CC)NC(=O)CN1C(=O)N[C@@](C)(c2ccc(OC(F)F)cc2)C1=O. The van der Waals surface area contributed by atoms with E-state index in [0.29, 0.717) is 5.56 Å². The smallest absolute Gasteiger partial charge is 0.387 e. The van der Waals surface area contributed by atoms with Crippen molar-refractivity contribution in [3.05, 3.63) is 29.8 Å². The Kier molecular flexibility index (Phi) is 6.35. The number of hydrogen-bond acceptors (Lipinski definition) is 4. The zero-order valence-electron chi connectivity index (χ0n) is 15.4.